The SMILES string of the molecule is CCCC(C)N(C)Cc1ccoc1CNCC(C)C. The minimum Gasteiger partial charge on any atom is -0.468 e. The first-order valence-electron chi connectivity index (χ1n) is 7.50. The van der Waals surface area contributed by atoms with Gasteiger partial charge in [-0.1, -0.05) is 27.2 Å². The van der Waals surface area contributed by atoms with Crippen molar-refractivity contribution in [1.29, 1.82) is 0 Å². The van der Waals surface area contributed by atoms with Crippen LogP contribution in [0.5, 0.6) is 0 Å². The molecule has 0 bridgehead atoms. The highest BCUT2D eigenvalue weighted by Crippen LogP contribution is 2.15. The van der Waals surface area contributed by atoms with Crippen molar-refractivity contribution in [3.8, 4) is 0 Å². The van der Waals surface area contributed by atoms with E-state index in [-0.39, 0.29) is 0 Å². The lowest BCUT2D eigenvalue weighted by atomic mass is 10.1. The van der Waals surface area contributed by atoms with Gasteiger partial charge in [0.2, 0.25) is 0 Å². The molecule has 0 spiro atoms. The second-order valence-electron chi connectivity index (χ2n) is 5.95. The molecule has 0 saturated carbocycles. The molecule has 3 nitrogen and oxygen atoms in total. The van der Waals surface area contributed by atoms with Gasteiger partial charge in [-0.15, -0.1) is 0 Å². The van der Waals surface area contributed by atoms with Crippen LogP contribution < -0.4 is 5.32 Å². The monoisotopic (exact) mass is 266 g/mol. The average molecular weight is 266 g/mol. The normalized spacial score (nSPS) is 13.4. The largest absolute Gasteiger partial charge is 0.468 e. The lowest BCUT2D eigenvalue weighted by Crippen LogP contribution is -2.29. The average Bonchev–Trinajstić information content (AvgIpc) is 2.76. The van der Waals surface area contributed by atoms with Gasteiger partial charge in [0.05, 0.1) is 12.8 Å². The number of hydrogen-bond acceptors (Lipinski definition) is 3. The van der Waals surface area contributed by atoms with Gasteiger partial charge in [-0.3, -0.25) is 4.90 Å². The van der Waals surface area contributed by atoms with E-state index in [1.54, 1.807) is 6.26 Å². The van der Waals surface area contributed by atoms with Crippen molar-refractivity contribution in [1.82, 2.24) is 10.2 Å². The van der Waals surface area contributed by atoms with Crippen molar-refractivity contribution in [2.24, 2.45) is 5.92 Å². The van der Waals surface area contributed by atoms with Crippen LogP contribution in [0.2, 0.25) is 0 Å². The molecule has 1 aromatic heterocycles. The van der Waals surface area contributed by atoms with Crippen molar-refractivity contribution < 1.29 is 4.42 Å². The van der Waals surface area contributed by atoms with E-state index in [1.165, 1.54) is 18.4 Å². The summed E-state index contributed by atoms with van der Waals surface area (Å²) in [6.45, 7) is 11.8. The molecule has 0 amide bonds. The van der Waals surface area contributed by atoms with Gasteiger partial charge in [0.25, 0.3) is 0 Å². The molecular weight excluding hydrogens is 236 g/mol. The molecule has 1 aromatic rings. The maximum Gasteiger partial charge on any atom is 0.122 e. The van der Waals surface area contributed by atoms with Gasteiger partial charge in [-0.25, -0.2) is 0 Å². The number of furan rings is 1. The Bertz CT molecular complexity index is 346. The topological polar surface area (TPSA) is 28.4 Å². The van der Waals surface area contributed by atoms with E-state index in [0.717, 1.165) is 25.4 Å². The second kappa shape index (κ2) is 8.39. The van der Waals surface area contributed by atoms with Crippen LogP contribution in [-0.2, 0) is 13.1 Å². The Kier molecular flexibility index (Phi) is 7.17. The molecule has 19 heavy (non-hydrogen) atoms. The molecule has 0 fully saturated rings. The zero-order valence-electron chi connectivity index (χ0n) is 13.2. The predicted molar refractivity (Wildman–Crippen MR) is 81.1 cm³/mol. The Hall–Kier alpha value is -0.800. The smallest absolute Gasteiger partial charge is 0.122 e. The zero-order valence-corrected chi connectivity index (χ0v) is 13.2. The zero-order chi connectivity index (χ0) is 14.3. The molecule has 1 heterocycles. The maximum absolute atomic E-state index is 5.60. The summed E-state index contributed by atoms with van der Waals surface area (Å²) in [5.74, 6) is 1.75. The summed E-state index contributed by atoms with van der Waals surface area (Å²) in [4.78, 5) is 2.40. The molecule has 0 aliphatic rings. The Morgan fingerprint density at radius 1 is 1.32 bits per heavy atom. The fourth-order valence-electron chi connectivity index (χ4n) is 2.20. The van der Waals surface area contributed by atoms with E-state index in [0.29, 0.717) is 12.0 Å². The highest BCUT2D eigenvalue weighted by molar-refractivity contribution is 5.16. The quantitative estimate of drug-likeness (QED) is 0.739. The van der Waals surface area contributed by atoms with Crippen LogP contribution in [0.15, 0.2) is 16.7 Å². The van der Waals surface area contributed by atoms with E-state index in [4.69, 9.17) is 4.42 Å². The van der Waals surface area contributed by atoms with Crippen LogP contribution >= 0.6 is 0 Å². The molecule has 0 aromatic carbocycles. The van der Waals surface area contributed by atoms with Crippen LogP contribution in [0, 0.1) is 5.92 Å². The molecule has 0 aliphatic carbocycles. The minimum absolute atomic E-state index is 0.622. The van der Waals surface area contributed by atoms with Crippen LogP contribution in [0.1, 0.15) is 51.9 Å². The standard InChI is InChI=1S/C16H30N2O/c1-6-7-14(4)18(5)12-15-8-9-19-16(15)11-17-10-13(2)3/h8-9,13-14,17H,6-7,10-12H2,1-5H3. The second-order valence-corrected chi connectivity index (χ2v) is 5.95. The number of rotatable bonds is 9. The summed E-state index contributed by atoms with van der Waals surface area (Å²) in [6.07, 6.45) is 4.29. The summed E-state index contributed by atoms with van der Waals surface area (Å²) in [5, 5.41) is 3.44. The summed E-state index contributed by atoms with van der Waals surface area (Å²) < 4.78 is 5.60. The Morgan fingerprint density at radius 3 is 2.68 bits per heavy atom. The molecule has 0 radical (unpaired) electrons. The lowest BCUT2D eigenvalue weighted by molar-refractivity contribution is 0.235. The van der Waals surface area contributed by atoms with Crippen LogP contribution in [0.3, 0.4) is 0 Å². The molecule has 1 atom stereocenters. The van der Waals surface area contributed by atoms with Crippen molar-refractivity contribution in [3.05, 3.63) is 23.7 Å². The highest BCUT2D eigenvalue weighted by Gasteiger charge is 2.13. The van der Waals surface area contributed by atoms with Crippen molar-refractivity contribution >= 4 is 0 Å². The maximum atomic E-state index is 5.60. The van der Waals surface area contributed by atoms with Gasteiger partial charge in [-0.2, -0.15) is 0 Å². The number of nitrogens with zero attached hydrogens (tertiary/aromatic N) is 1. The first-order valence-corrected chi connectivity index (χ1v) is 7.50. The van der Waals surface area contributed by atoms with Gasteiger partial charge in [-0.05, 0) is 38.9 Å². The summed E-state index contributed by atoms with van der Waals surface area (Å²) in [5.41, 5.74) is 1.31. The highest BCUT2D eigenvalue weighted by atomic mass is 16.3. The molecule has 1 N–H and O–H groups in total. The summed E-state index contributed by atoms with van der Waals surface area (Å²) >= 11 is 0. The van der Waals surface area contributed by atoms with Gasteiger partial charge in [0, 0.05) is 18.2 Å². The first kappa shape index (κ1) is 16.3. The Morgan fingerprint density at radius 2 is 2.05 bits per heavy atom. The third kappa shape index (κ3) is 5.79. The molecule has 0 aliphatic heterocycles. The lowest BCUT2D eigenvalue weighted by Gasteiger charge is -2.24. The predicted octanol–water partition coefficient (Wildman–Crippen LogP) is 3.65. The van der Waals surface area contributed by atoms with Gasteiger partial charge < -0.3 is 9.73 Å². The molecule has 110 valence electrons. The molecule has 1 unspecified atom stereocenters. The van der Waals surface area contributed by atoms with E-state index in [2.05, 4.69) is 51.0 Å². The molecule has 3 heteroatoms. The summed E-state index contributed by atoms with van der Waals surface area (Å²) in [6, 6.07) is 2.72. The first-order chi connectivity index (χ1) is 9.04. The van der Waals surface area contributed by atoms with Gasteiger partial charge in [0.15, 0.2) is 0 Å². The Labute approximate surface area is 118 Å². The van der Waals surface area contributed by atoms with E-state index in [1.807, 2.05) is 0 Å². The van der Waals surface area contributed by atoms with Crippen molar-refractivity contribution in [3.63, 3.8) is 0 Å². The third-order valence-corrected chi connectivity index (χ3v) is 3.55. The number of nitrogens with one attached hydrogen (secondary N) is 1. The van der Waals surface area contributed by atoms with E-state index < -0.39 is 0 Å². The van der Waals surface area contributed by atoms with Gasteiger partial charge in [0.1, 0.15) is 5.76 Å². The molecule has 1 rings (SSSR count). The molecular formula is C16H30N2O. The van der Waals surface area contributed by atoms with Crippen molar-refractivity contribution in [2.75, 3.05) is 13.6 Å². The fraction of sp³-hybridized carbons (Fsp3) is 0.750. The van der Waals surface area contributed by atoms with E-state index in [9.17, 15) is 0 Å². The minimum atomic E-state index is 0.622. The van der Waals surface area contributed by atoms with Crippen LogP contribution in [0.4, 0.5) is 0 Å². The fourth-order valence-corrected chi connectivity index (χ4v) is 2.20. The molecule has 0 saturated heterocycles. The van der Waals surface area contributed by atoms with Crippen molar-refractivity contribution in [2.45, 2.75) is 59.7 Å². The van der Waals surface area contributed by atoms with Crippen LogP contribution in [0.25, 0.3) is 0 Å². The van der Waals surface area contributed by atoms with Crippen LogP contribution in [-0.4, -0.2) is 24.5 Å². The number of hydrogen-bond donors (Lipinski definition) is 1. The summed E-state index contributed by atoms with van der Waals surface area (Å²) in [7, 11) is 2.19. The van der Waals surface area contributed by atoms with Gasteiger partial charge >= 0.3 is 0 Å². The Balaban J connectivity index is 2.47. The third-order valence-electron chi connectivity index (χ3n) is 3.55. The van der Waals surface area contributed by atoms with E-state index >= 15 is 0 Å².